The van der Waals surface area contributed by atoms with E-state index < -0.39 is 0 Å². The third-order valence-corrected chi connectivity index (χ3v) is 2.50. The van der Waals surface area contributed by atoms with Crippen LogP contribution < -0.4 is 0 Å². The fourth-order valence-electron chi connectivity index (χ4n) is 1.43. The Bertz CT molecular complexity index is 136. The highest BCUT2D eigenvalue weighted by Gasteiger charge is 2.25. The predicted octanol–water partition coefficient (Wildman–Crippen LogP) is 1.65. The van der Waals surface area contributed by atoms with E-state index in [-0.39, 0.29) is 5.92 Å². The number of likely N-dealkylation sites (tertiary alicyclic amines) is 1. The average molecular weight is 155 g/mol. The van der Waals surface area contributed by atoms with Crippen molar-refractivity contribution in [1.29, 1.82) is 0 Å². The summed E-state index contributed by atoms with van der Waals surface area (Å²) in [5, 5.41) is 0. The Balaban J connectivity index is 2.36. The maximum absolute atomic E-state index is 11.5. The number of carbonyl (C=O) groups excluding carboxylic acids is 1. The highest BCUT2D eigenvalue weighted by Crippen LogP contribution is 2.16. The maximum Gasteiger partial charge on any atom is 0.225 e. The Hall–Kier alpha value is -0.530. The van der Waals surface area contributed by atoms with Crippen molar-refractivity contribution >= 4 is 5.91 Å². The van der Waals surface area contributed by atoms with Crippen molar-refractivity contribution in [3.63, 3.8) is 0 Å². The Labute approximate surface area is 68.6 Å². The summed E-state index contributed by atoms with van der Waals surface area (Å²) in [4.78, 5) is 13.5. The molecule has 2 nitrogen and oxygen atoms in total. The second-order valence-electron chi connectivity index (χ2n) is 3.19. The van der Waals surface area contributed by atoms with Crippen molar-refractivity contribution in [2.24, 2.45) is 5.92 Å². The molecule has 1 heterocycles. The summed E-state index contributed by atoms with van der Waals surface area (Å²) in [5.41, 5.74) is 0. The molecule has 0 aromatic carbocycles. The van der Waals surface area contributed by atoms with E-state index in [1.165, 1.54) is 6.42 Å². The van der Waals surface area contributed by atoms with Crippen LogP contribution in [0, 0.1) is 5.92 Å². The lowest BCUT2D eigenvalue weighted by atomic mass is 10.00. The molecule has 1 amide bonds. The summed E-state index contributed by atoms with van der Waals surface area (Å²) < 4.78 is 0. The largest absolute Gasteiger partial charge is 0.342 e. The molecule has 0 atom stereocenters. The van der Waals surface area contributed by atoms with Gasteiger partial charge >= 0.3 is 0 Å². The number of hydrogen-bond acceptors (Lipinski definition) is 1. The van der Waals surface area contributed by atoms with Gasteiger partial charge in [-0.25, -0.2) is 0 Å². The second-order valence-corrected chi connectivity index (χ2v) is 3.19. The molecule has 0 aliphatic carbocycles. The molecule has 1 saturated heterocycles. The van der Waals surface area contributed by atoms with Crippen LogP contribution in [0.2, 0.25) is 0 Å². The fraction of sp³-hybridized carbons (Fsp3) is 0.889. The van der Waals surface area contributed by atoms with E-state index in [2.05, 4.69) is 13.8 Å². The van der Waals surface area contributed by atoms with Crippen LogP contribution in [0.1, 0.15) is 33.1 Å². The van der Waals surface area contributed by atoms with Crippen LogP contribution in [-0.2, 0) is 4.79 Å². The molecule has 11 heavy (non-hydrogen) atoms. The van der Waals surface area contributed by atoms with Crippen LogP contribution in [0.25, 0.3) is 0 Å². The van der Waals surface area contributed by atoms with Crippen molar-refractivity contribution in [1.82, 2.24) is 4.90 Å². The van der Waals surface area contributed by atoms with E-state index in [9.17, 15) is 4.79 Å². The fourth-order valence-corrected chi connectivity index (χ4v) is 1.43. The third-order valence-electron chi connectivity index (χ3n) is 2.50. The molecule has 2 heteroatoms. The zero-order chi connectivity index (χ0) is 8.27. The van der Waals surface area contributed by atoms with Gasteiger partial charge in [0, 0.05) is 19.0 Å². The van der Waals surface area contributed by atoms with Gasteiger partial charge in [-0.2, -0.15) is 0 Å². The van der Waals surface area contributed by atoms with Crippen LogP contribution in [0.5, 0.6) is 0 Å². The molecule has 1 aliphatic rings. The topological polar surface area (TPSA) is 20.3 Å². The van der Waals surface area contributed by atoms with Crippen LogP contribution >= 0.6 is 0 Å². The number of rotatable bonds is 3. The summed E-state index contributed by atoms with van der Waals surface area (Å²) in [7, 11) is 0. The van der Waals surface area contributed by atoms with Gasteiger partial charge in [-0.15, -0.1) is 0 Å². The molecular formula is C9H17NO. The molecule has 0 unspecified atom stereocenters. The van der Waals surface area contributed by atoms with Crippen molar-refractivity contribution in [2.75, 3.05) is 13.1 Å². The van der Waals surface area contributed by atoms with E-state index in [0.717, 1.165) is 25.9 Å². The Kier molecular flexibility index (Phi) is 2.92. The number of amides is 1. The smallest absolute Gasteiger partial charge is 0.225 e. The van der Waals surface area contributed by atoms with E-state index >= 15 is 0 Å². The normalized spacial score (nSPS) is 16.8. The van der Waals surface area contributed by atoms with Gasteiger partial charge < -0.3 is 4.90 Å². The molecule has 0 saturated carbocycles. The Morgan fingerprint density at radius 1 is 1.36 bits per heavy atom. The first-order valence-corrected chi connectivity index (χ1v) is 4.58. The zero-order valence-electron chi connectivity index (χ0n) is 7.47. The van der Waals surface area contributed by atoms with Gasteiger partial charge in [-0.05, 0) is 19.3 Å². The van der Waals surface area contributed by atoms with Gasteiger partial charge in [0.1, 0.15) is 0 Å². The molecule has 0 radical (unpaired) electrons. The molecule has 0 N–H and O–H groups in total. The van der Waals surface area contributed by atoms with Crippen LogP contribution in [0.4, 0.5) is 0 Å². The van der Waals surface area contributed by atoms with Gasteiger partial charge in [-0.1, -0.05) is 13.8 Å². The number of carbonyl (C=O) groups is 1. The van der Waals surface area contributed by atoms with Crippen molar-refractivity contribution in [2.45, 2.75) is 33.1 Å². The SMILES string of the molecule is CCC(CC)C(=O)N1CCC1. The lowest BCUT2D eigenvalue weighted by Gasteiger charge is -2.33. The minimum atomic E-state index is 0.287. The third kappa shape index (κ3) is 1.73. The summed E-state index contributed by atoms with van der Waals surface area (Å²) in [6.45, 7) is 6.17. The number of nitrogens with zero attached hydrogens (tertiary/aromatic N) is 1. The van der Waals surface area contributed by atoms with Gasteiger partial charge in [0.05, 0.1) is 0 Å². The lowest BCUT2D eigenvalue weighted by molar-refractivity contribution is -0.139. The maximum atomic E-state index is 11.5. The van der Waals surface area contributed by atoms with E-state index in [1.807, 2.05) is 4.90 Å². The molecule has 1 aliphatic heterocycles. The zero-order valence-corrected chi connectivity index (χ0v) is 7.47. The minimum Gasteiger partial charge on any atom is -0.342 e. The van der Waals surface area contributed by atoms with Crippen LogP contribution in [0.15, 0.2) is 0 Å². The molecule has 0 aromatic heterocycles. The lowest BCUT2D eigenvalue weighted by Crippen LogP contribution is -2.45. The first kappa shape index (κ1) is 8.57. The predicted molar refractivity (Wildman–Crippen MR) is 45.3 cm³/mol. The average Bonchev–Trinajstić information content (AvgIpc) is 1.86. The monoisotopic (exact) mass is 155 g/mol. The standard InChI is InChI=1S/C9H17NO/c1-3-8(4-2)9(11)10-6-5-7-10/h8H,3-7H2,1-2H3. The highest BCUT2D eigenvalue weighted by molar-refractivity contribution is 5.79. The van der Waals surface area contributed by atoms with Crippen molar-refractivity contribution < 1.29 is 4.79 Å². The molecule has 1 fully saturated rings. The van der Waals surface area contributed by atoms with Gasteiger partial charge in [-0.3, -0.25) is 4.79 Å². The van der Waals surface area contributed by atoms with E-state index in [1.54, 1.807) is 0 Å². The number of hydrogen-bond donors (Lipinski definition) is 0. The van der Waals surface area contributed by atoms with Gasteiger partial charge in [0.15, 0.2) is 0 Å². The van der Waals surface area contributed by atoms with Gasteiger partial charge in [0.25, 0.3) is 0 Å². The molecule has 64 valence electrons. The van der Waals surface area contributed by atoms with Crippen LogP contribution in [-0.4, -0.2) is 23.9 Å². The van der Waals surface area contributed by atoms with Crippen LogP contribution in [0.3, 0.4) is 0 Å². The summed E-state index contributed by atoms with van der Waals surface area (Å²) in [6, 6.07) is 0. The summed E-state index contributed by atoms with van der Waals surface area (Å²) >= 11 is 0. The first-order valence-electron chi connectivity index (χ1n) is 4.58. The highest BCUT2D eigenvalue weighted by atomic mass is 16.2. The Morgan fingerprint density at radius 3 is 2.18 bits per heavy atom. The molecule has 0 bridgehead atoms. The Morgan fingerprint density at radius 2 is 1.91 bits per heavy atom. The quantitative estimate of drug-likeness (QED) is 0.607. The molecule has 0 aromatic rings. The molecule has 0 spiro atoms. The summed E-state index contributed by atoms with van der Waals surface area (Å²) in [6.07, 6.45) is 3.18. The van der Waals surface area contributed by atoms with Gasteiger partial charge in [0.2, 0.25) is 5.91 Å². The van der Waals surface area contributed by atoms with E-state index in [4.69, 9.17) is 0 Å². The van der Waals surface area contributed by atoms with Crippen molar-refractivity contribution in [3.8, 4) is 0 Å². The first-order chi connectivity index (χ1) is 5.29. The minimum absolute atomic E-state index is 0.287. The van der Waals surface area contributed by atoms with E-state index in [0.29, 0.717) is 5.91 Å². The second kappa shape index (κ2) is 3.74. The molecule has 1 rings (SSSR count). The van der Waals surface area contributed by atoms with Crippen molar-refractivity contribution in [3.05, 3.63) is 0 Å². The molecular weight excluding hydrogens is 138 g/mol. The summed E-state index contributed by atoms with van der Waals surface area (Å²) in [5.74, 6) is 0.663.